The molecule has 30 heavy (non-hydrogen) atoms. The number of carbonyl (C=O) groups excluding carboxylic acids is 3. The second-order valence-corrected chi connectivity index (χ2v) is 7.14. The molecule has 0 aliphatic heterocycles. The second-order valence-electron chi connectivity index (χ2n) is 6.12. The molecule has 2 N–H and O–H groups in total. The van der Waals surface area contributed by atoms with Crippen molar-refractivity contribution in [2.24, 2.45) is 5.10 Å². The molecule has 1 heterocycles. The lowest BCUT2D eigenvalue weighted by atomic mass is 10.1. The molecule has 0 fully saturated rings. The van der Waals surface area contributed by atoms with E-state index >= 15 is 0 Å². The van der Waals surface area contributed by atoms with Gasteiger partial charge in [0.25, 0.3) is 0 Å². The lowest BCUT2D eigenvalue weighted by molar-refractivity contribution is 0.0527. The van der Waals surface area contributed by atoms with Gasteiger partial charge in [0.15, 0.2) is 0 Å². The van der Waals surface area contributed by atoms with Crippen molar-refractivity contribution in [2.75, 3.05) is 18.5 Å². The zero-order valence-corrected chi connectivity index (χ0v) is 18.2. The number of nitrogens with zero attached hydrogens (tertiary/aromatic N) is 1. The topological polar surface area (TPSA) is 106 Å². The molecule has 1 aromatic carbocycles. The maximum absolute atomic E-state index is 12.3. The fourth-order valence-electron chi connectivity index (χ4n) is 2.58. The Kier molecular flexibility index (Phi) is 8.54. The van der Waals surface area contributed by atoms with Gasteiger partial charge in [0.2, 0.25) is 0 Å². The summed E-state index contributed by atoms with van der Waals surface area (Å²) >= 11 is 0.951. The van der Waals surface area contributed by atoms with E-state index in [0.717, 1.165) is 23.3 Å². The number of hydrazone groups is 1. The van der Waals surface area contributed by atoms with Crippen LogP contribution in [0, 0.1) is 6.92 Å². The van der Waals surface area contributed by atoms with Gasteiger partial charge < -0.3 is 9.47 Å². The molecule has 0 spiro atoms. The number of rotatable bonds is 8. The summed E-state index contributed by atoms with van der Waals surface area (Å²) in [5, 5.41) is 6.66. The number of hydrogen-bond donors (Lipinski definition) is 2. The molecule has 0 aliphatic carbocycles. The lowest BCUT2D eigenvalue weighted by Gasteiger charge is -2.06. The summed E-state index contributed by atoms with van der Waals surface area (Å²) in [6.45, 7) is 7.40. The molecule has 1 aromatic heterocycles. The lowest BCUT2D eigenvalue weighted by Crippen LogP contribution is -2.24. The van der Waals surface area contributed by atoms with Gasteiger partial charge in [-0.1, -0.05) is 31.2 Å². The summed E-state index contributed by atoms with van der Waals surface area (Å²) < 4.78 is 10.1. The van der Waals surface area contributed by atoms with Crippen LogP contribution in [0.3, 0.4) is 0 Å². The Morgan fingerprint density at radius 2 is 1.67 bits per heavy atom. The SMILES string of the molecule is CCOC(=O)c1sc(NC(=O)NN=Cc2ccc(CC)cc2)c(C(=O)OCC)c1C. The number of nitrogens with one attached hydrogen (secondary N) is 2. The van der Waals surface area contributed by atoms with Gasteiger partial charge in [-0.05, 0) is 43.9 Å². The first-order valence-corrected chi connectivity index (χ1v) is 10.4. The fraction of sp³-hybridized carbons (Fsp3) is 0.333. The summed E-state index contributed by atoms with van der Waals surface area (Å²) in [7, 11) is 0. The van der Waals surface area contributed by atoms with E-state index < -0.39 is 18.0 Å². The van der Waals surface area contributed by atoms with Gasteiger partial charge in [0.1, 0.15) is 9.88 Å². The molecule has 8 nitrogen and oxygen atoms in total. The standard InChI is InChI=1S/C21H25N3O5S/c1-5-14-8-10-15(11-9-14)12-22-24-21(27)23-18-16(19(25)28-6-2)13(4)17(30-18)20(26)29-7-3/h8-12H,5-7H2,1-4H3,(H2,23,24,27). The quantitative estimate of drug-likeness (QED) is 0.371. The van der Waals surface area contributed by atoms with Crippen LogP contribution in [0.25, 0.3) is 0 Å². The van der Waals surface area contributed by atoms with Crippen LogP contribution < -0.4 is 10.7 Å². The average molecular weight is 432 g/mol. The van der Waals surface area contributed by atoms with Crippen molar-refractivity contribution in [3.63, 3.8) is 0 Å². The van der Waals surface area contributed by atoms with Crippen molar-refractivity contribution < 1.29 is 23.9 Å². The molecule has 2 aromatic rings. The van der Waals surface area contributed by atoms with E-state index in [1.807, 2.05) is 24.3 Å². The van der Waals surface area contributed by atoms with Gasteiger partial charge in [0, 0.05) is 0 Å². The number of ether oxygens (including phenoxy) is 2. The minimum atomic E-state index is -0.654. The van der Waals surface area contributed by atoms with Crippen LogP contribution in [-0.2, 0) is 15.9 Å². The van der Waals surface area contributed by atoms with Gasteiger partial charge in [0.05, 0.1) is 25.0 Å². The third kappa shape index (κ3) is 5.90. The van der Waals surface area contributed by atoms with Crippen LogP contribution in [0.5, 0.6) is 0 Å². The Balaban J connectivity index is 2.15. The van der Waals surface area contributed by atoms with E-state index in [1.54, 1.807) is 20.8 Å². The van der Waals surface area contributed by atoms with Crippen molar-refractivity contribution in [1.82, 2.24) is 5.43 Å². The molecule has 2 amide bonds. The number of carbonyl (C=O) groups is 3. The summed E-state index contributed by atoms with van der Waals surface area (Å²) in [6.07, 6.45) is 2.45. The van der Waals surface area contributed by atoms with Crippen molar-refractivity contribution in [3.8, 4) is 0 Å². The van der Waals surface area contributed by atoms with E-state index in [2.05, 4.69) is 22.8 Å². The number of urea groups is 1. The monoisotopic (exact) mass is 431 g/mol. The molecule has 0 saturated carbocycles. The van der Waals surface area contributed by atoms with Crippen LogP contribution in [0.15, 0.2) is 29.4 Å². The molecule has 160 valence electrons. The third-order valence-corrected chi connectivity index (χ3v) is 5.27. The fourth-order valence-corrected chi connectivity index (χ4v) is 3.66. The summed E-state index contributed by atoms with van der Waals surface area (Å²) in [4.78, 5) is 37.0. The van der Waals surface area contributed by atoms with Crippen LogP contribution in [0.1, 0.15) is 57.5 Å². The van der Waals surface area contributed by atoms with Crippen molar-refractivity contribution in [1.29, 1.82) is 0 Å². The molecule has 0 saturated heterocycles. The van der Waals surface area contributed by atoms with Gasteiger partial charge in [-0.2, -0.15) is 5.10 Å². The van der Waals surface area contributed by atoms with Crippen LogP contribution in [0.4, 0.5) is 9.80 Å². The zero-order valence-electron chi connectivity index (χ0n) is 17.4. The second kappa shape index (κ2) is 11.1. The number of thiophene rings is 1. The number of aryl methyl sites for hydroxylation is 1. The smallest absolute Gasteiger partial charge is 0.348 e. The first-order valence-electron chi connectivity index (χ1n) is 9.57. The Hall–Kier alpha value is -3.20. The maximum atomic E-state index is 12.3. The van der Waals surface area contributed by atoms with E-state index in [9.17, 15) is 14.4 Å². The van der Waals surface area contributed by atoms with Gasteiger partial charge >= 0.3 is 18.0 Å². The van der Waals surface area contributed by atoms with Gasteiger partial charge in [-0.25, -0.2) is 19.8 Å². The molecular formula is C21H25N3O5S. The van der Waals surface area contributed by atoms with E-state index in [-0.39, 0.29) is 28.7 Å². The molecule has 0 unspecified atom stereocenters. The molecule has 0 bridgehead atoms. The van der Waals surface area contributed by atoms with E-state index in [0.29, 0.717) is 5.56 Å². The minimum absolute atomic E-state index is 0.124. The average Bonchev–Trinajstić information content (AvgIpc) is 3.04. The normalized spacial score (nSPS) is 10.7. The highest BCUT2D eigenvalue weighted by atomic mass is 32.1. The Morgan fingerprint density at radius 1 is 1.03 bits per heavy atom. The van der Waals surface area contributed by atoms with Crippen LogP contribution >= 0.6 is 11.3 Å². The number of amides is 2. The Bertz CT molecular complexity index is 935. The van der Waals surface area contributed by atoms with E-state index in [1.165, 1.54) is 11.8 Å². The zero-order chi connectivity index (χ0) is 22.1. The minimum Gasteiger partial charge on any atom is -0.462 e. The van der Waals surface area contributed by atoms with Crippen molar-refractivity contribution in [3.05, 3.63) is 51.4 Å². The molecule has 2 rings (SSSR count). The predicted molar refractivity (Wildman–Crippen MR) is 117 cm³/mol. The summed E-state index contributed by atoms with van der Waals surface area (Å²) in [5.74, 6) is -1.19. The number of benzene rings is 1. The molecule has 0 atom stereocenters. The molecule has 0 aliphatic rings. The highest BCUT2D eigenvalue weighted by Crippen LogP contribution is 2.34. The van der Waals surface area contributed by atoms with Crippen LogP contribution in [-0.4, -0.2) is 37.4 Å². The highest BCUT2D eigenvalue weighted by molar-refractivity contribution is 7.18. The number of hydrogen-bond acceptors (Lipinski definition) is 7. The largest absolute Gasteiger partial charge is 0.462 e. The first kappa shape index (κ1) is 23.1. The van der Waals surface area contributed by atoms with Gasteiger partial charge in [-0.15, -0.1) is 11.3 Å². The molecular weight excluding hydrogens is 406 g/mol. The van der Waals surface area contributed by atoms with Crippen LogP contribution in [0.2, 0.25) is 0 Å². The predicted octanol–water partition coefficient (Wildman–Crippen LogP) is 4.13. The molecule has 0 radical (unpaired) electrons. The van der Waals surface area contributed by atoms with Crippen molar-refractivity contribution >= 4 is 40.5 Å². The van der Waals surface area contributed by atoms with Crippen molar-refractivity contribution in [2.45, 2.75) is 34.1 Å². The Morgan fingerprint density at radius 3 is 2.27 bits per heavy atom. The number of esters is 2. The number of anilines is 1. The maximum Gasteiger partial charge on any atom is 0.348 e. The highest BCUT2D eigenvalue weighted by Gasteiger charge is 2.27. The summed E-state index contributed by atoms with van der Waals surface area (Å²) in [6, 6.07) is 7.11. The first-order chi connectivity index (χ1) is 14.4. The van der Waals surface area contributed by atoms with Gasteiger partial charge in [-0.3, -0.25) is 5.32 Å². The van der Waals surface area contributed by atoms with E-state index in [4.69, 9.17) is 9.47 Å². The summed E-state index contributed by atoms with van der Waals surface area (Å²) in [5.41, 5.74) is 4.90. The Labute approximate surface area is 179 Å². The molecule has 9 heteroatoms. The third-order valence-electron chi connectivity index (χ3n) is 4.08.